The molecule has 314 valence electrons. The highest BCUT2D eigenvalue weighted by Gasteiger charge is 2.28. The first-order valence-electron chi connectivity index (χ1n) is 20.2. The van der Waals surface area contributed by atoms with Crippen molar-refractivity contribution < 1.29 is 43.6 Å². The zero-order valence-electron chi connectivity index (χ0n) is 34.0. The predicted molar refractivity (Wildman–Crippen MR) is 229 cm³/mol. The van der Waals surface area contributed by atoms with Crippen molar-refractivity contribution in [3.8, 4) is 17.2 Å². The van der Waals surface area contributed by atoms with Crippen LogP contribution in [0.4, 0.5) is 5.69 Å². The largest absolute Gasteiger partial charge is 0.497 e. The molecule has 0 saturated heterocycles. The summed E-state index contributed by atoms with van der Waals surface area (Å²) >= 11 is 0. The Morgan fingerprint density at radius 2 is 1.25 bits per heavy atom. The molecular weight excluding hydrogens is 763 g/mol. The number of rotatable bonds is 23. The number of nitrogens with one attached hydrogen (secondary N) is 3. The van der Waals surface area contributed by atoms with Crippen LogP contribution in [0.25, 0.3) is 0 Å². The summed E-state index contributed by atoms with van der Waals surface area (Å²) in [5.74, 6) is -0.955. The van der Waals surface area contributed by atoms with Crippen LogP contribution < -0.4 is 30.2 Å². The van der Waals surface area contributed by atoms with Gasteiger partial charge in [0.2, 0.25) is 11.8 Å². The summed E-state index contributed by atoms with van der Waals surface area (Å²) in [5, 5.41) is 29.7. The lowest BCUT2D eigenvalue weighted by Gasteiger charge is -2.25. The van der Waals surface area contributed by atoms with Crippen LogP contribution in [0.1, 0.15) is 77.9 Å². The van der Waals surface area contributed by atoms with Gasteiger partial charge in [0.15, 0.2) is 0 Å². The Labute approximate surface area is 350 Å². The van der Waals surface area contributed by atoms with E-state index in [0.717, 1.165) is 24.0 Å². The Bertz CT molecular complexity index is 2110. The quantitative estimate of drug-likeness (QED) is 0.0193. The number of carboxylic acid groups (broad SMARTS) is 1. The molecule has 0 aliphatic rings. The maximum atomic E-state index is 13.8. The minimum Gasteiger partial charge on any atom is -0.497 e. The van der Waals surface area contributed by atoms with E-state index in [2.05, 4.69) is 22.9 Å². The highest BCUT2D eigenvalue weighted by molar-refractivity contribution is 5.92. The lowest BCUT2D eigenvalue weighted by atomic mass is 10.0. The van der Waals surface area contributed by atoms with E-state index in [1.165, 1.54) is 19.3 Å². The second-order valence-corrected chi connectivity index (χ2v) is 14.4. The Hall–Kier alpha value is -6.50. The normalized spacial score (nSPS) is 12.4. The molecule has 0 heterocycles. The number of hydrogen-bond acceptors (Lipinski definition) is 9. The van der Waals surface area contributed by atoms with Gasteiger partial charge in [-0.15, -0.1) is 0 Å². The number of aliphatic hydroxyl groups excluding tert-OH is 1. The number of benzene rings is 5. The first-order valence-corrected chi connectivity index (χ1v) is 20.2. The number of methoxy groups -OCH3 is 1. The molecule has 0 saturated carbocycles. The molecule has 12 nitrogen and oxygen atoms in total. The maximum absolute atomic E-state index is 13.8. The van der Waals surface area contributed by atoms with Crippen LogP contribution in [0.5, 0.6) is 17.2 Å². The highest BCUT2D eigenvalue weighted by Crippen LogP contribution is 2.21. The van der Waals surface area contributed by atoms with Gasteiger partial charge in [0.25, 0.3) is 0 Å². The lowest BCUT2D eigenvalue weighted by Crippen LogP contribution is -2.52. The molecule has 5 aromatic carbocycles. The molecule has 0 spiro atoms. The van der Waals surface area contributed by atoms with E-state index in [1.807, 2.05) is 18.2 Å². The molecular formula is C48H53N3O9. The Morgan fingerprint density at radius 1 is 0.650 bits per heavy atom. The van der Waals surface area contributed by atoms with Gasteiger partial charge < -0.3 is 35.1 Å². The molecule has 0 aliphatic heterocycles. The summed E-state index contributed by atoms with van der Waals surface area (Å²) in [6.45, 7) is 2.80. The second kappa shape index (κ2) is 23.2. The highest BCUT2D eigenvalue weighted by atomic mass is 16.5. The van der Waals surface area contributed by atoms with Crippen molar-refractivity contribution in [2.24, 2.45) is 0 Å². The number of aliphatic hydroxyl groups is 1. The van der Waals surface area contributed by atoms with Crippen molar-refractivity contribution in [2.45, 2.75) is 76.6 Å². The topological polar surface area (TPSA) is 173 Å². The van der Waals surface area contributed by atoms with E-state index < -0.39 is 36.2 Å². The maximum Gasteiger partial charge on any atom is 0.343 e. The van der Waals surface area contributed by atoms with Crippen LogP contribution in [-0.2, 0) is 33.6 Å². The smallest absolute Gasteiger partial charge is 0.343 e. The molecule has 0 aromatic heterocycles. The second-order valence-electron chi connectivity index (χ2n) is 14.4. The average molecular weight is 816 g/mol. The first-order chi connectivity index (χ1) is 29.1. The molecule has 3 unspecified atom stereocenters. The van der Waals surface area contributed by atoms with Gasteiger partial charge in [-0.05, 0) is 95.8 Å². The summed E-state index contributed by atoms with van der Waals surface area (Å²) in [4.78, 5) is 51.7. The van der Waals surface area contributed by atoms with Gasteiger partial charge in [0.05, 0.1) is 31.7 Å². The Balaban J connectivity index is 1.22. The van der Waals surface area contributed by atoms with Crippen molar-refractivity contribution in [3.63, 3.8) is 0 Å². The summed E-state index contributed by atoms with van der Waals surface area (Å²) in [7, 11) is 1.57. The molecule has 2 amide bonds. The number of carbonyl (C=O) groups excluding carboxylic acids is 3. The van der Waals surface area contributed by atoms with Crippen LogP contribution in [0.15, 0.2) is 127 Å². The Kier molecular flexibility index (Phi) is 17.2. The minimum atomic E-state index is -1.34. The van der Waals surface area contributed by atoms with E-state index in [9.17, 15) is 29.4 Å². The third kappa shape index (κ3) is 14.4. The fourth-order valence-corrected chi connectivity index (χ4v) is 6.40. The molecule has 0 aliphatic carbocycles. The van der Waals surface area contributed by atoms with Crippen molar-refractivity contribution in [1.29, 1.82) is 0 Å². The molecule has 0 radical (unpaired) electrons. The zero-order chi connectivity index (χ0) is 42.7. The van der Waals surface area contributed by atoms with Crippen molar-refractivity contribution >= 4 is 29.4 Å². The van der Waals surface area contributed by atoms with Gasteiger partial charge in [-0.1, -0.05) is 99.3 Å². The SMILES string of the molecule is CCCCCCCOc1ccc(C(=O)Oc2ccc(CC(NC(O)c3ccc(NC(=O)Cc4ccc(OC)cc4)cc3)C(=O)NC(Cc3ccccc3)C(=O)O)cc2)cc1. The molecule has 0 bridgehead atoms. The number of esters is 1. The molecule has 5 aromatic rings. The van der Waals surface area contributed by atoms with Crippen LogP contribution in [0.2, 0.25) is 0 Å². The molecule has 12 heteroatoms. The number of carboxylic acids is 1. The number of hydrogen-bond donors (Lipinski definition) is 5. The van der Waals surface area contributed by atoms with Crippen LogP contribution >= 0.6 is 0 Å². The van der Waals surface area contributed by atoms with Crippen molar-refractivity contribution in [1.82, 2.24) is 10.6 Å². The zero-order valence-corrected chi connectivity index (χ0v) is 34.0. The summed E-state index contributed by atoms with van der Waals surface area (Å²) in [6, 6.07) is 33.7. The van der Waals surface area contributed by atoms with E-state index >= 15 is 0 Å². The monoisotopic (exact) mass is 815 g/mol. The summed E-state index contributed by atoms with van der Waals surface area (Å²) in [6.07, 6.45) is 4.61. The fraction of sp³-hybridized carbons (Fsp3) is 0.292. The van der Waals surface area contributed by atoms with Gasteiger partial charge in [0, 0.05) is 12.1 Å². The number of amides is 2. The third-order valence-electron chi connectivity index (χ3n) is 9.79. The fourth-order valence-electron chi connectivity index (χ4n) is 6.40. The number of carbonyl (C=O) groups is 4. The first kappa shape index (κ1) is 44.6. The summed E-state index contributed by atoms with van der Waals surface area (Å²) < 4.78 is 16.6. The molecule has 0 fully saturated rings. The number of anilines is 1. The lowest BCUT2D eigenvalue weighted by molar-refractivity contribution is -0.142. The van der Waals surface area contributed by atoms with Crippen molar-refractivity contribution in [3.05, 3.63) is 155 Å². The number of aliphatic carboxylic acids is 1. The van der Waals surface area contributed by atoms with Crippen LogP contribution in [-0.4, -0.2) is 59.8 Å². The molecule has 5 N–H and O–H groups in total. The van der Waals surface area contributed by atoms with Crippen LogP contribution in [0, 0.1) is 0 Å². The standard InChI is InChI=1S/C48H53N3O9/c1-3-4-5-6-10-29-59-40-27-19-37(20-28-40)48(57)60-41-25-15-34(16-26-41)30-42(46(54)51-43(47(55)56)31-33-11-8-7-9-12-33)50-45(53)36-17-21-38(22-18-36)49-44(52)32-35-13-23-39(58-2)24-14-35/h7-9,11-28,42-43,45,50,53H,3-6,10,29-32H2,1-2H3,(H,49,52)(H,51,54)(H,55,56). The van der Waals surface area contributed by atoms with Gasteiger partial charge in [-0.2, -0.15) is 0 Å². The van der Waals surface area contributed by atoms with E-state index in [4.69, 9.17) is 14.2 Å². The van der Waals surface area contributed by atoms with E-state index in [-0.39, 0.29) is 30.9 Å². The van der Waals surface area contributed by atoms with Crippen LogP contribution in [0.3, 0.4) is 0 Å². The molecule has 5 rings (SSSR count). The minimum absolute atomic E-state index is 0.0500. The van der Waals surface area contributed by atoms with E-state index in [1.54, 1.807) is 116 Å². The van der Waals surface area contributed by atoms with Gasteiger partial charge >= 0.3 is 11.9 Å². The molecule has 60 heavy (non-hydrogen) atoms. The number of unbranched alkanes of at least 4 members (excludes halogenated alkanes) is 4. The Morgan fingerprint density at radius 3 is 1.90 bits per heavy atom. The van der Waals surface area contributed by atoms with Gasteiger partial charge in [-0.3, -0.25) is 14.9 Å². The van der Waals surface area contributed by atoms with Crippen molar-refractivity contribution in [2.75, 3.05) is 19.0 Å². The van der Waals surface area contributed by atoms with Gasteiger partial charge in [-0.25, -0.2) is 9.59 Å². The number of ether oxygens (including phenoxy) is 3. The predicted octanol–water partition coefficient (Wildman–Crippen LogP) is 7.45. The van der Waals surface area contributed by atoms with Gasteiger partial charge in [0.1, 0.15) is 29.5 Å². The molecule has 3 atom stereocenters. The summed E-state index contributed by atoms with van der Waals surface area (Å²) in [5.41, 5.74) is 3.47. The van der Waals surface area contributed by atoms with E-state index in [0.29, 0.717) is 40.5 Å². The average Bonchev–Trinajstić information content (AvgIpc) is 3.26. The third-order valence-corrected chi connectivity index (χ3v) is 9.79.